The summed E-state index contributed by atoms with van der Waals surface area (Å²) >= 11 is 0. The summed E-state index contributed by atoms with van der Waals surface area (Å²) in [4.78, 5) is 26.4. The molecule has 0 heterocycles. The summed E-state index contributed by atoms with van der Waals surface area (Å²) < 4.78 is 23.1. The fourth-order valence-corrected chi connectivity index (χ4v) is 13.9. The van der Waals surface area contributed by atoms with Crippen molar-refractivity contribution in [1.29, 1.82) is 0 Å². The van der Waals surface area contributed by atoms with Crippen molar-refractivity contribution in [3.63, 3.8) is 0 Å². The molecule has 2 aromatic carbocycles. The van der Waals surface area contributed by atoms with Crippen LogP contribution in [0.5, 0.6) is 11.5 Å². The largest absolute Gasteiger partial charge is 0.497 e. The smallest absolute Gasteiger partial charge is 0.331 e. The van der Waals surface area contributed by atoms with Gasteiger partial charge in [0.2, 0.25) is 0 Å². The van der Waals surface area contributed by atoms with E-state index in [0.29, 0.717) is 36.2 Å². The molecule has 7 rings (SSSR count). The monoisotopic (exact) mass is 762 g/mol. The minimum Gasteiger partial charge on any atom is -0.497 e. The fraction of sp³-hybridized carbons (Fsp3) is 0.600. The Hall–Kier alpha value is -3.80. The van der Waals surface area contributed by atoms with Gasteiger partial charge in [-0.2, -0.15) is 0 Å². The van der Waals surface area contributed by atoms with Crippen LogP contribution in [0.15, 0.2) is 72.8 Å². The Morgan fingerprint density at radius 3 is 1.89 bits per heavy atom. The summed E-state index contributed by atoms with van der Waals surface area (Å²) in [6.07, 6.45) is 18.0. The molecule has 10 atom stereocenters. The predicted molar refractivity (Wildman–Crippen MR) is 224 cm³/mol. The second kappa shape index (κ2) is 15.2. The average molecular weight is 763 g/mol. The molecule has 0 N–H and O–H groups in total. The molecule has 5 aliphatic carbocycles. The van der Waals surface area contributed by atoms with E-state index in [1.165, 1.54) is 31.3 Å². The fourth-order valence-electron chi connectivity index (χ4n) is 13.9. The van der Waals surface area contributed by atoms with E-state index in [9.17, 15) is 9.59 Å². The van der Waals surface area contributed by atoms with Crippen molar-refractivity contribution in [3.8, 4) is 11.5 Å². The topological polar surface area (TPSA) is 71.1 Å². The third-order valence-electron chi connectivity index (χ3n) is 17.0. The zero-order valence-corrected chi connectivity index (χ0v) is 35.3. The van der Waals surface area contributed by atoms with Crippen molar-refractivity contribution >= 4 is 24.1 Å². The molecular weight excluding hydrogens is 697 g/mol. The molecule has 0 aliphatic heterocycles. The summed E-state index contributed by atoms with van der Waals surface area (Å²) in [5.41, 5.74) is 3.62. The molecule has 0 bridgehead atoms. The van der Waals surface area contributed by atoms with Crippen LogP contribution in [-0.4, -0.2) is 38.9 Å². The lowest BCUT2D eigenvalue weighted by Crippen LogP contribution is -2.67. The Bertz CT molecular complexity index is 1840. The van der Waals surface area contributed by atoms with Crippen LogP contribution in [0.3, 0.4) is 0 Å². The molecule has 5 aliphatic rings. The standard InChI is InChI=1S/C50H66O6/c1-33(2)38-24-29-50(32-55-43(51)22-14-34-10-16-36(53-8)17-11-34)31-30-48(6)39(45(38)50)20-21-41-47(5)27-26-42(46(3,4)40(47)25-28-49(41,48)7)56-44(52)23-15-35-12-18-37(54-9)19-13-35/h10-19,22-23,38-42,45H,1,20-21,24-32H2,2-9H3/b22-14+,23-15+/t38-,39+,40-,41+,42-,45-,47-,48+,49+,50+/m0/s1. The molecular formula is C50H66O6. The van der Waals surface area contributed by atoms with Gasteiger partial charge in [-0.1, -0.05) is 71.0 Å². The average Bonchev–Trinajstić information content (AvgIpc) is 3.57. The van der Waals surface area contributed by atoms with E-state index in [0.717, 1.165) is 61.2 Å². The number of hydrogen-bond acceptors (Lipinski definition) is 6. The number of rotatable bonds is 10. The summed E-state index contributed by atoms with van der Waals surface area (Å²) in [6, 6.07) is 15.4. The van der Waals surface area contributed by atoms with Gasteiger partial charge in [0.25, 0.3) is 0 Å². The number of ether oxygens (including phenoxy) is 4. The Balaban J connectivity index is 1.06. The number of carbonyl (C=O) groups is 2. The van der Waals surface area contributed by atoms with Gasteiger partial charge in [0.15, 0.2) is 0 Å². The summed E-state index contributed by atoms with van der Waals surface area (Å²) in [5.74, 6) is 3.65. The van der Waals surface area contributed by atoms with E-state index in [-0.39, 0.29) is 45.1 Å². The van der Waals surface area contributed by atoms with Crippen LogP contribution in [0.2, 0.25) is 0 Å². The van der Waals surface area contributed by atoms with Crippen LogP contribution < -0.4 is 9.47 Å². The van der Waals surface area contributed by atoms with E-state index in [2.05, 4.69) is 48.1 Å². The Labute approximate surface area is 336 Å². The first-order chi connectivity index (χ1) is 26.6. The van der Waals surface area contributed by atoms with Gasteiger partial charge in [-0.15, -0.1) is 0 Å². The van der Waals surface area contributed by atoms with Crippen LogP contribution in [0, 0.1) is 56.7 Å². The number of benzene rings is 2. The van der Waals surface area contributed by atoms with Crippen molar-refractivity contribution in [1.82, 2.24) is 0 Å². The van der Waals surface area contributed by atoms with Gasteiger partial charge in [0.1, 0.15) is 17.6 Å². The zero-order chi connectivity index (χ0) is 40.1. The van der Waals surface area contributed by atoms with Crippen LogP contribution in [-0.2, 0) is 19.1 Å². The van der Waals surface area contributed by atoms with E-state index < -0.39 is 0 Å². The quantitative estimate of drug-likeness (QED) is 0.136. The molecule has 0 amide bonds. The van der Waals surface area contributed by atoms with Gasteiger partial charge in [-0.3, -0.25) is 0 Å². The Kier molecular flexibility index (Phi) is 10.9. The van der Waals surface area contributed by atoms with E-state index >= 15 is 0 Å². The molecule has 0 radical (unpaired) electrons. The molecule has 5 saturated carbocycles. The van der Waals surface area contributed by atoms with E-state index in [1.807, 2.05) is 60.7 Å². The lowest BCUT2D eigenvalue weighted by molar-refractivity contribution is -0.251. The molecule has 0 unspecified atom stereocenters. The van der Waals surface area contributed by atoms with E-state index in [4.69, 9.17) is 18.9 Å². The van der Waals surface area contributed by atoms with Crippen molar-refractivity contribution < 1.29 is 28.5 Å². The minimum atomic E-state index is -0.264. The van der Waals surface area contributed by atoms with Gasteiger partial charge >= 0.3 is 11.9 Å². The lowest BCUT2D eigenvalue weighted by Gasteiger charge is -2.73. The zero-order valence-electron chi connectivity index (χ0n) is 35.3. The van der Waals surface area contributed by atoms with Gasteiger partial charge in [0, 0.05) is 23.0 Å². The minimum absolute atomic E-state index is 0.00649. The number of fused-ring (bicyclic) bond motifs is 7. The number of methoxy groups -OCH3 is 2. The molecule has 0 saturated heterocycles. The van der Waals surface area contributed by atoms with Crippen LogP contribution in [0.4, 0.5) is 0 Å². The van der Waals surface area contributed by atoms with Crippen molar-refractivity contribution in [2.24, 2.45) is 56.7 Å². The number of carbonyl (C=O) groups excluding carboxylic acids is 2. The molecule has 5 fully saturated rings. The molecule has 302 valence electrons. The second-order valence-electron chi connectivity index (χ2n) is 19.7. The molecule has 0 aromatic heterocycles. The number of allylic oxidation sites excluding steroid dienone is 1. The molecule has 0 spiro atoms. The Morgan fingerprint density at radius 1 is 0.696 bits per heavy atom. The van der Waals surface area contributed by atoms with Crippen LogP contribution >= 0.6 is 0 Å². The van der Waals surface area contributed by atoms with Crippen molar-refractivity contribution in [2.75, 3.05) is 20.8 Å². The Morgan fingerprint density at radius 2 is 1.30 bits per heavy atom. The highest BCUT2D eigenvalue weighted by Crippen LogP contribution is 2.77. The predicted octanol–water partition coefficient (Wildman–Crippen LogP) is 11.5. The third kappa shape index (κ3) is 6.85. The number of hydrogen-bond donors (Lipinski definition) is 0. The SMILES string of the molecule is C=C(C)[C@@H]1CC[C@]2(COC(=O)/C=C/c3ccc(OC)cc3)CC[C@]3(C)[C@H](CC[C@@H]4[C@@]5(C)CC[C@H](OC(=O)/C=C/c6ccc(OC)cc6)C(C)(C)[C@@H]5CC[C@]43C)[C@H]12. The summed E-state index contributed by atoms with van der Waals surface area (Å²) in [7, 11) is 3.31. The molecule has 56 heavy (non-hydrogen) atoms. The van der Waals surface area contributed by atoms with Crippen LogP contribution in [0.1, 0.15) is 117 Å². The normalized spacial score (nSPS) is 37.1. The molecule has 6 heteroatoms. The van der Waals surface area contributed by atoms with Gasteiger partial charge in [-0.05, 0) is 165 Å². The maximum Gasteiger partial charge on any atom is 0.331 e. The molecule has 2 aromatic rings. The first-order valence-electron chi connectivity index (χ1n) is 21.3. The highest BCUT2D eigenvalue weighted by Gasteiger charge is 2.71. The maximum absolute atomic E-state index is 13.2. The van der Waals surface area contributed by atoms with Crippen LogP contribution in [0.25, 0.3) is 12.2 Å². The first kappa shape index (κ1) is 40.4. The van der Waals surface area contributed by atoms with Crippen molar-refractivity contribution in [2.45, 2.75) is 112 Å². The highest BCUT2D eigenvalue weighted by molar-refractivity contribution is 5.87. The second-order valence-corrected chi connectivity index (χ2v) is 19.7. The van der Waals surface area contributed by atoms with Crippen molar-refractivity contribution in [3.05, 3.63) is 84.0 Å². The molecule has 6 nitrogen and oxygen atoms in total. The lowest BCUT2D eigenvalue weighted by atomic mass is 9.32. The third-order valence-corrected chi connectivity index (χ3v) is 17.0. The van der Waals surface area contributed by atoms with E-state index in [1.54, 1.807) is 26.4 Å². The maximum atomic E-state index is 13.2. The van der Waals surface area contributed by atoms with Gasteiger partial charge < -0.3 is 18.9 Å². The summed E-state index contributed by atoms with van der Waals surface area (Å²) in [6.45, 7) is 19.9. The highest BCUT2D eigenvalue weighted by atomic mass is 16.5. The van der Waals surface area contributed by atoms with Gasteiger partial charge in [-0.25, -0.2) is 9.59 Å². The summed E-state index contributed by atoms with van der Waals surface area (Å²) in [5, 5.41) is 0. The number of esters is 2. The van der Waals surface area contributed by atoms with Gasteiger partial charge in [0.05, 0.1) is 20.8 Å². The first-order valence-corrected chi connectivity index (χ1v) is 21.3.